The molecule has 0 aromatic carbocycles. The molecule has 88 valence electrons. The first-order chi connectivity index (χ1) is 7.33. The summed E-state index contributed by atoms with van der Waals surface area (Å²) in [5, 5.41) is 11.2. The quantitative estimate of drug-likeness (QED) is 0.574. The molecular weight excluding hydrogens is 198 g/mol. The summed E-state index contributed by atoms with van der Waals surface area (Å²) in [4.78, 5) is 11.3. The van der Waals surface area contributed by atoms with Crippen LogP contribution in [-0.4, -0.2) is 50.1 Å². The maximum Gasteiger partial charge on any atom is 0.222 e. The number of aliphatic hydroxyl groups excluding tert-OH is 1. The van der Waals surface area contributed by atoms with E-state index < -0.39 is 0 Å². The molecule has 1 heterocycles. The average molecular weight is 217 g/mol. The van der Waals surface area contributed by atoms with Gasteiger partial charge in [0.25, 0.3) is 0 Å². The van der Waals surface area contributed by atoms with Crippen molar-refractivity contribution in [3.05, 3.63) is 0 Å². The first-order valence-corrected chi connectivity index (χ1v) is 5.40. The van der Waals surface area contributed by atoms with Gasteiger partial charge in [-0.3, -0.25) is 4.79 Å². The van der Waals surface area contributed by atoms with Gasteiger partial charge in [0.2, 0.25) is 5.91 Å². The van der Waals surface area contributed by atoms with Crippen molar-refractivity contribution in [3.8, 4) is 0 Å². The van der Waals surface area contributed by atoms with Gasteiger partial charge in [-0.25, -0.2) is 0 Å². The molecule has 1 atom stereocenters. The highest BCUT2D eigenvalue weighted by atomic mass is 16.5. The van der Waals surface area contributed by atoms with Crippen LogP contribution in [0.3, 0.4) is 0 Å². The Hall–Kier alpha value is -0.650. The summed E-state index contributed by atoms with van der Waals surface area (Å²) in [6.07, 6.45) is 2.58. The molecule has 0 aromatic rings. The van der Waals surface area contributed by atoms with E-state index in [2.05, 4.69) is 5.32 Å². The zero-order chi connectivity index (χ0) is 10.9. The molecule has 0 saturated carbocycles. The van der Waals surface area contributed by atoms with Gasteiger partial charge >= 0.3 is 0 Å². The summed E-state index contributed by atoms with van der Waals surface area (Å²) in [5.74, 6) is 0.00879. The SMILES string of the molecule is O=C(CC1CCCO1)NCCOCCO. The first-order valence-electron chi connectivity index (χ1n) is 5.40. The molecule has 1 aliphatic rings. The van der Waals surface area contributed by atoms with Crippen LogP contribution >= 0.6 is 0 Å². The minimum atomic E-state index is 0.00879. The van der Waals surface area contributed by atoms with Gasteiger partial charge in [0, 0.05) is 13.2 Å². The number of aliphatic hydroxyl groups is 1. The van der Waals surface area contributed by atoms with Gasteiger partial charge in [-0.1, -0.05) is 0 Å². The number of hydrogen-bond donors (Lipinski definition) is 2. The molecule has 0 radical (unpaired) electrons. The number of amides is 1. The standard InChI is InChI=1S/C10H19NO4/c12-4-7-14-6-3-11-10(13)8-9-2-1-5-15-9/h9,12H,1-8H2,(H,11,13). The Morgan fingerprint density at radius 1 is 1.53 bits per heavy atom. The fourth-order valence-corrected chi connectivity index (χ4v) is 1.51. The lowest BCUT2D eigenvalue weighted by atomic mass is 10.2. The molecule has 1 fully saturated rings. The molecule has 0 bridgehead atoms. The minimum absolute atomic E-state index is 0.00879. The third-order valence-corrected chi connectivity index (χ3v) is 2.24. The van der Waals surface area contributed by atoms with Crippen LogP contribution in [0.2, 0.25) is 0 Å². The van der Waals surface area contributed by atoms with E-state index in [4.69, 9.17) is 14.6 Å². The summed E-state index contributed by atoms with van der Waals surface area (Å²) < 4.78 is 10.4. The van der Waals surface area contributed by atoms with E-state index in [0.717, 1.165) is 19.4 Å². The first kappa shape index (κ1) is 12.4. The van der Waals surface area contributed by atoms with Crippen LogP contribution in [0.15, 0.2) is 0 Å². The molecule has 1 saturated heterocycles. The molecule has 0 spiro atoms. The molecule has 1 aliphatic heterocycles. The van der Waals surface area contributed by atoms with E-state index in [1.165, 1.54) is 0 Å². The lowest BCUT2D eigenvalue weighted by molar-refractivity contribution is -0.123. The van der Waals surface area contributed by atoms with Crippen molar-refractivity contribution < 1.29 is 19.4 Å². The van der Waals surface area contributed by atoms with Crippen LogP contribution in [0.4, 0.5) is 0 Å². The molecular formula is C10H19NO4. The molecule has 2 N–H and O–H groups in total. The fourth-order valence-electron chi connectivity index (χ4n) is 1.51. The highest BCUT2D eigenvalue weighted by molar-refractivity contribution is 5.76. The summed E-state index contributed by atoms with van der Waals surface area (Å²) in [7, 11) is 0. The third kappa shape index (κ3) is 5.71. The van der Waals surface area contributed by atoms with Crippen LogP contribution in [-0.2, 0) is 14.3 Å². The number of carbonyl (C=O) groups excluding carboxylic acids is 1. The summed E-state index contributed by atoms with van der Waals surface area (Å²) in [5.41, 5.74) is 0. The number of hydrogen-bond acceptors (Lipinski definition) is 4. The fraction of sp³-hybridized carbons (Fsp3) is 0.900. The van der Waals surface area contributed by atoms with Gasteiger partial charge in [-0.05, 0) is 12.8 Å². The van der Waals surface area contributed by atoms with E-state index in [9.17, 15) is 4.79 Å². The van der Waals surface area contributed by atoms with E-state index in [-0.39, 0.29) is 18.6 Å². The Balaban J connectivity index is 1.93. The largest absolute Gasteiger partial charge is 0.394 e. The number of ether oxygens (including phenoxy) is 2. The highest BCUT2D eigenvalue weighted by Gasteiger charge is 2.18. The topological polar surface area (TPSA) is 67.8 Å². The van der Waals surface area contributed by atoms with Crippen LogP contribution in [0.5, 0.6) is 0 Å². The van der Waals surface area contributed by atoms with Crippen molar-refractivity contribution in [3.63, 3.8) is 0 Å². The van der Waals surface area contributed by atoms with E-state index in [1.54, 1.807) is 0 Å². The average Bonchev–Trinajstić information content (AvgIpc) is 2.70. The Bertz CT molecular complexity index is 180. The molecule has 0 aromatic heterocycles. The summed E-state index contributed by atoms with van der Waals surface area (Å²) in [6.45, 7) is 2.05. The van der Waals surface area contributed by atoms with Gasteiger partial charge in [-0.15, -0.1) is 0 Å². The molecule has 0 aliphatic carbocycles. The predicted molar refractivity (Wildman–Crippen MR) is 54.5 cm³/mol. The second-order valence-corrected chi connectivity index (χ2v) is 3.53. The maximum atomic E-state index is 11.3. The van der Waals surface area contributed by atoms with Crippen molar-refractivity contribution in [2.75, 3.05) is 33.0 Å². The van der Waals surface area contributed by atoms with Gasteiger partial charge < -0.3 is 19.9 Å². The van der Waals surface area contributed by atoms with Gasteiger partial charge in [-0.2, -0.15) is 0 Å². The Labute approximate surface area is 89.8 Å². The normalized spacial score (nSPS) is 20.5. The lowest BCUT2D eigenvalue weighted by Crippen LogP contribution is -2.30. The number of carbonyl (C=O) groups is 1. The Morgan fingerprint density at radius 2 is 2.40 bits per heavy atom. The van der Waals surface area contributed by atoms with Crippen LogP contribution in [0.25, 0.3) is 0 Å². The highest BCUT2D eigenvalue weighted by Crippen LogP contribution is 2.14. The van der Waals surface area contributed by atoms with Crippen LogP contribution in [0, 0.1) is 0 Å². The summed E-state index contributed by atoms with van der Waals surface area (Å²) >= 11 is 0. The predicted octanol–water partition coefficient (Wildman–Crippen LogP) is -0.319. The number of nitrogens with one attached hydrogen (secondary N) is 1. The minimum Gasteiger partial charge on any atom is -0.394 e. The molecule has 1 unspecified atom stereocenters. The van der Waals surface area contributed by atoms with Crippen LogP contribution < -0.4 is 5.32 Å². The second-order valence-electron chi connectivity index (χ2n) is 3.53. The van der Waals surface area contributed by atoms with Crippen molar-refractivity contribution in [2.24, 2.45) is 0 Å². The van der Waals surface area contributed by atoms with Crippen LogP contribution in [0.1, 0.15) is 19.3 Å². The molecule has 5 nitrogen and oxygen atoms in total. The second kappa shape index (κ2) is 7.62. The van der Waals surface area contributed by atoms with E-state index in [1.807, 2.05) is 0 Å². The van der Waals surface area contributed by atoms with E-state index >= 15 is 0 Å². The van der Waals surface area contributed by atoms with Crippen molar-refractivity contribution in [1.82, 2.24) is 5.32 Å². The van der Waals surface area contributed by atoms with Gasteiger partial charge in [0.1, 0.15) is 0 Å². The van der Waals surface area contributed by atoms with Gasteiger partial charge in [0.15, 0.2) is 0 Å². The van der Waals surface area contributed by atoms with Crippen molar-refractivity contribution >= 4 is 5.91 Å². The third-order valence-electron chi connectivity index (χ3n) is 2.24. The molecule has 5 heteroatoms. The molecule has 1 rings (SSSR count). The zero-order valence-corrected chi connectivity index (χ0v) is 8.91. The van der Waals surface area contributed by atoms with Gasteiger partial charge in [0.05, 0.1) is 32.3 Å². The van der Waals surface area contributed by atoms with E-state index in [0.29, 0.717) is 26.2 Å². The molecule has 15 heavy (non-hydrogen) atoms. The molecule has 1 amide bonds. The maximum absolute atomic E-state index is 11.3. The number of rotatable bonds is 7. The smallest absolute Gasteiger partial charge is 0.222 e. The lowest BCUT2D eigenvalue weighted by Gasteiger charge is -2.09. The van der Waals surface area contributed by atoms with Crippen molar-refractivity contribution in [2.45, 2.75) is 25.4 Å². The monoisotopic (exact) mass is 217 g/mol. The Kier molecular flexibility index (Phi) is 6.31. The Morgan fingerprint density at radius 3 is 3.07 bits per heavy atom. The summed E-state index contributed by atoms with van der Waals surface area (Å²) in [6, 6.07) is 0. The zero-order valence-electron chi connectivity index (χ0n) is 8.91. The van der Waals surface area contributed by atoms with Crippen molar-refractivity contribution in [1.29, 1.82) is 0 Å².